The van der Waals surface area contributed by atoms with Crippen molar-refractivity contribution in [1.29, 1.82) is 0 Å². The van der Waals surface area contributed by atoms with E-state index in [-0.39, 0.29) is 5.97 Å². The highest BCUT2D eigenvalue weighted by molar-refractivity contribution is 5.85. The smallest absolute Gasteiger partial charge is 0.374 e. The number of nitrogens with zero attached hydrogens (tertiary/aromatic N) is 2. The van der Waals surface area contributed by atoms with Gasteiger partial charge in [-0.15, -0.1) is 0 Å². The fraction of sp³-hybridized carbons (Fsp3) is 0.333. The average Bonchev–Trinajstić information content (AvgIpc) is 2.88. The van der Waals surface area contributed by atoms with E-state index in [4.69, 9.17) is 4.74 Å². The molecule has 0 aliphatic rings. The van der Waals surface area contributed by atoms with Gasteiger partial charge in [0.05, 0.1) is 6.61 Å². The zero-order valence-electron chi connectivity index (χ0n) is 11.1. The molecule has 19 heavy (non-hydrogen) atoms. The van der Waals surface area contributed by atoms with E-state index in [1.165, 1.54) is 0 Å². The van der Waals surface area contributed by atoms with Gasteiger partial charge in [-0.3, -0.25) is 0 Å². The molecule has 1 aromatic carbocycles. The van der Waals surface area contributed by atoms with Gasteiger partial charge in [0.1, 0.15) is 0 Å². The van der Waals surface area contributed by atoms with Gasteiger partial charge in [-0.25, -0.2) is 9.78 Å². The van der Waals surface area contributed by atoms with E-state index in [0.717, 1.165) is 18.4 Å². The first-order valence-electron chi connectivity index (χ1n) is 6.53. The predicted octanol–water partition coefficient (Wildman–Crippen LogP) is 2.89. The summed E-state index contributed by atoms with van der Waals surface area (Å²) in [6.07, 6.45) is 5.31. The summed E-state index contributed by atoms with van der Waals surface area (Å²) in [4.78, 5) is 16.0. The number of carbonyl (C=O) groups excluding carboxylic acids is 1. The summed E-state index contributed by atoms with van der Waals surface area (Å²) in [6, 6.07) is 9.97. The standard InChI is InChI=1S/C15H18N2O2/c1-2-3-11-19-15(18)14-16-9-10-17(14)12-13-7-5-4-6-8-13/h4-10H,2-3,11-12H2,1H3. The van der Waals surface area contributed by atoms with Crippen LogP contribution in [-0.4, -0.2) is 22.1 Å². The van der Waals surface area contributed by atoms with Crippen molar-refractivity contribution in [2.24, 2.45) is 0 Å². The molecule has 0 saturated heterocycles. The Balaban J connectivity index is 2.03. The van der Waals surface area contributed by atoms with Crippen LogP contribution in [0.4, 0.5) is 0 Å². The number of esters is 1. The maximum atomic E-state index is 11.9. The summed E-state index contributed by atoms with van der Waals surface area (Å²) in [5.41, 5.74) is 1.13. The van der Waals surface area contributed by atoms with E-state index >= 15 is 0 Å². The van der Waals surface area contributed by atoms with Crippen molar-refractivity contribution in [1.82, 2.24) is 9.55 Å². The Bertz CT molecular complexity index is 520. The molecule has 0 amide bonds. The van der Waals surface area contributed by atoms with Crippen LogP contribution in [-0.2, 0) is 11.3 Å². The zero-order valence-corrected chi connectivity index (χ0v) is 11.1. The highest BCUT2D eigenvalue weighted by Gasteiger charge is 2.14. The first kappa shape index (κ1) is 13.3. The molecular formula is C15H18N2O2. The fourth-order valence-electron chi connectivity index (χ4n) is 1.78. The molecule has 0 aliphatic heterocycles. The van der Waals surface area contributed by atoms with Crippen LogP contribution < -0.4 is 0 Å². The van der Waals surface area contributed by atoms with Gasteiger partial charge >= 0.3 is 5.97 Å². The van der Waals surface area contributed by atoms with Gasteiger partial charge in [-0.1, -0.05) is 43.7 Å². The second-order valence-corrected chi connectivity index (χ2v) is 4.35. The third-order valence-electron chi connectivity index (χ3n) is 2.82. The Morgan fingerprint density at radius 2 is 2.11 bits per heavy atom. The van der Waals surface area contributed by atoms with Crippen LogP contribution in [0.3, 0.4) is 0 Å². The molecule has 0 aliphatic carbocycles. The summed E-state index contributed by atoms with van der Waals surface area (Å²) < 4.78 is 6.99. The number of imidazole rings is 1. The van der Waals surface area contributed by atoms with Crippen LogP contribution in [0.1, 0.15) is 35.9 Å². The highest BCUT2D eigenvalue weighted by atomic mass is 16.5. The zero-order chi connectivity index (χ0) is 13.5. The van der Waals surface area contributed by atoms with Crippen molar-refractivity contribution < 1.29 is 9.53 Å². The average molecular weight is 258 g/mol. The van der Waals surface area contributed by atoms with Gasteiger partial charge in [0.25, 0.3) is 0 Å². The van der Waals surface area contributed by atoms with E-state index in [9.17, 15) is 4.79 Å². The lowest BCUT2D eigenvalue weighted by molar-refractivity contribution is 0.0480. The molecule has 0 spiro atoms. The molecule has 4 heteroatoms. The quantitative estimate of drug-likeness (QED) is 0.591. The van der Waals surface area contributed by atoms with Crippen LogP contribution >= 0.6 is 0 Å². The molecule has 0 radical (unpaired) electrons. The number of unbranched alkanes of at least 4 members (excludes halogenated alkanes) is 1. The molecule has 2 rings (SSSR count). The minimum atomic E-state index is -0.352. The number of hydrogen-bond donors (Lipinski definition) is 0. The number of hydrogen-bond acceptors (Lipinski definition) is 3. The molecule has 0 fully saturated rings. The van der Waals surface area contributed by atoms with E-state index in [1.54, 1.807) is 12.4 Å². The van der Waals surface area contributed by atoms with Crippen molar-refractivity contribution in [3.8, 4) is 0 Å². The van der Waals surface area contributed by atoms with Crippen LogP contribution in [0.15, 0.2) is 42.7 Å². The molecule has 0 atom stereocenters. The fourth-order valence-corrected chi connectivity index (χ4v) is 1.78. The summed E-state index contributed by atoms with van der Waals surface area (Å²) in [7, 11) is 0. The maximum absolute atomic E-state index is 11.9. The Kier molecular flexibility index (Phi) is 4.72. The Morgan fingerprint density at radius 3 is 2.84 bits per heavy atom. The number of aromatic nitrogens is 2. The second kappa shape index (κ2) is 6.73. The topological polar surface area (TPSA) is 44.1 Å². The molecule has 0 bridgehead atoms. The maximum Gasteiger partial charge on any atom is 0.374 e. The summed E-state index contributed by atoms with van der Waals surface area (Å²) in [6.45, 7) is 3.14. The van der Waals surface area contributed by atoms with Crippen molar-refractivity contribution in [3.63, 3.8) is 0 Å². The van der Waals surface area contributed by atoms with E-state index in [0.29, 0.717) is 19.0 Å². The molecule has 0 N–H and O–H groups in total. The van der Waals surface area contributed by atoms with E-state index in [2.05, 4.69) is 11.9 Å². The van der Waals surface area contributed by atoms with E-state index < -0.39 is 0 Å². The molecular weight excluding hydrogens is 240 g/mol. The number of rotatable bonds is 6. The first-order chi connectivity index (χ1) is 9.31. The predicted molar refractivity (Wildman–Crippen MR) is 73.0 cm³/mol. The molecule has 1 aromatic heterocycles. The number of benzene rings is 1. The van der Waals surface area contributed by atoms with Crippen LogP contribution in [0.5, 0.6) is 0 Å². The normalized spacial score (nSPS) is 10.4. The lowest BCUT2D eigenvalue weighted by Gasteiger charge is -2.07. The van der Waals surface area contributed by atoms with Crippen molar-refractivity contribution in [2.45, 2.75) is 26.3 Å². The molecule has 0 saturated carbocycles. The Labute approximate surface area is 113 Å². The SMILES string of the molecule is CCCCOC(=O)c1nccn1Cc1ccccc1. The third kappa shape index (κ3) is 3.68. The van der Waals surface area contributed by atoms with Gasteiger partial charge in [0.15, 0.2) is 0 Å². The van der Waals surface area contributed by atoms with Gasteiger partial charge in [-0.2, -0.15) is 0 Å². The van der Waals surface area contributed by atoms with Crippen LogP contribution in [0.2, 0.25) is 0 Å². The minimum absolute atomic E-state index is 0.352. The van der Waals surface area contributed by atoms with Gasteiger partial charge < -0.3 is 9.30 Å². The summed E-state index contributed by atoms with van der Waals surface area (Å²) in [5, 5.41) is 0. The van der Waals surface area contributed by atoms with Crippen molar-refractivity contribution in [2.75, 3.05) is 6.61 Å². The van der Waals surface area contributed by atoms with Crippen molar-refractivity contribution >= 4 is 5.97 Å². The highest BCUT2D eigenvalue weighted by Crippen LogP contribution is 2.07. The second-order valence-electron chi connectivity index (χ2n) is 4.35. The molecule has 2 aromatic rings. The molecule has 1 heterocycles. The summed E-state index contributed by atoms with van der Waals surface area (Å²) >= 11 is 0. The van der Waals surface area contributed by atoms with Crippen LogP contribution in [0.25, 0.3) is 0 Å². The summed E-state index contributed by atoms with van der Waals surface area (Å²) in [5.74, 6) is 0.00865. The van der Waals surface area contributed by atoms with Gasteiger partial charge in [-0.05, 0) is 12.0 Å². The Hall–Kier alpha value is -2.10. The Morgan fingerprint density at radius 1 is 1.32 bits per heavy atom. The number of carbonyl (C=O) groups is 1. The van der Waals surface area contributed by atoms with E-state index in [1.807, 2.05) is 34.9 Å². The lowest BCUT2D eigenvalue weighted by Crippen LogP contribution is -2.14. The molecule has 0 unspecified atom stereocenters. The minimum Gasteiger partial charge on any atom is -0.460 e. The monoisotopic (exact) mass is 258 g/mol. The molecule has 4 nitrogen and oxygen atoms in total. The van der Waals surface area contributed by atoms with Gasteiger partial charge in [0.2, 0.25) is 5.82 Å². The van der Waals surface area contributed by atoms with Gasteiger partial charge in [0, 0.05) is 18.9 Å². The lowest BCUT2D eigenvalue weighted by atomic mass is 10.2. The number of ether oxygens (including phenoxy) is 1. The van der Waals surface area contributed by atoms with Crippen LogP contribution in [0, 0.1) is 0 Å². The largest absolute Gasteiger partial charge is 0.460 e. The first-order valence-corrected chi connectivity index (χ1v) is 6.53. The van der Waals surface area contributed by atoms with Crippen molar-refractivity contribution in [3.05, 3.63) is 54.1 Å². The third-order valence-corrected chi connectivity index (χ3v) is 2.82. The molecule has 100 valence electrons.